The van der Waals surface area contributed by atoms with Crippen molar-refractivity contribution in [1.82, 2.24) is 34.7 Å². The highest BCUT2D eigenvalue weighted by molar-refractivity contribution is 5.79. The minimum Gasteiger partial charge on any atom is -0.343 e. The summed E-state index contributed by atoms with van der Waals surface area (Å²) in [6.07, 6.45) is 13.5. The number of piperidine rings is 2. The Kier molecular flexibility index (Phi) is 38.9. The molecular formula is C73H147N7O3. The van der Waals surface area contributed by atoms with E-state index in [-0.39, 0.29) is 17.7 Å². The van der Waals surface area contributed by atoms with E-state index in [1.54, 1.807) is 6.92 Å². The van der Waals surface area contributed by atoms with E-state index in [1.807, 2.05) is 42.4 Å². The molecule has 492 valence electrons. The molecule has 1 saturated carbocycles. The van der Waals surface area contributed by atoms with E-state index in [0.29, 0.717) is 17.9 Å². The van der Waals surface area contributed by atoms with Crippen molar-refractivity contribution in [2.24, 2.45) is 94.7 Å². The van der Waals surface area contributed by atoms with E-state index in [2.05, 4.69) is 172 Å². The summed E-state index contributed by atoms with van der Waals surface area (Å²) in [5.74, 6) is 13.2. The van der Waals surface area contributed by atoms with Crippen molar-refractivity contribution in [3.05, 3.63) is 0 Å². The minimum atomic E-state index is 0.158. The van der Waals surface area contributed by atoms with Crippen LogP contribution in [-0.2, 0) is 14.4 Å². The molecule has 6 saturated heterocycles. The van der Waals surface area contributed by atoms with Crippen LogP contribution in [0.25, 0.3) is 0 Å². The molecule has 0 spiro atoms. The van der Waals surface area contributed by atoms with Gasteiger partial charge >= 0.3 is 0 Å². The monoisotopic (exact) mass is 1170 g/mol. The molecule has 7 aliphatic rings. The van der Waals surface area contributed by atoms with Gasteiger partial charge in [0.05, 0.1) is 0 Å². The van der Waals surface area contributed by atoms with Crippen LogP contribution in [0.5, 0.6) is 0 Å². The van der Waals surface area contributed by atoms with Gasteiger partial charge in [-0.15, -0.1) is 0 Å². The van der Waals surface area contributed by atoms with Crippen molar-refractivity contribution >= 4 is 17.7 Å². The number of rotatable bonds is 14. The predicted molar refractivity (Wildman–Crippen MR) is 362 cm³/mol. The second-order valence-electron chi connectivity index (χ2n) is 31.5. The van der Waals surface area contributed by atoms with Crippen molar-refractivity contribution in [3.63, 3.8) is 0 Å². The van der Waals surface area contributed by atoms with E-state index in [0.717, 1.165) is 146 Å². The second-order valence-corrected chi connectivity index (χ2v) is 31.5. The Morgan fingerprint density at radius 2 is 0.590 bits per heavy atom. The molecule has 2 unspecified atom stereocenters. The number of carbonyl (C=O) groups excluding carboxylic acids is 3. The first-order chi connectivity index (χ1) is 38.6. The van der Waals surface area contributed by atoms with E-state index in [1.165, 1.54) is 103 Å². The topological polar surface area (TPSA) is 82.7 Å². The SMILES string of the molecule is CC(=O)N1CCC(C(C)C)C1.CC(C)C(=O)N1CC(C(C)C)C1.CC(C)C(=O)N1CCC(C(C)C)CC1.CC(C)C1CCN(C(C)C)C1.CC(C)C1CCN(C(C)C)CC1.CC(C)C1CN(C(C)C)C1.CC(C)NC1CCC(C(C)C)CC1. The number of hydrogen-bond acceptors (Lipinski definition) is 7. The standard InChI is InChI=1S/C12H23NO.C12H25N.C11H23N.C10H19NO.C10H21N.C9H17NO.C9H19N/c1-9(2)11-5-7-13(8-6-11)12(14)10(3)4;1-9(2)11-5-7-12(8-6-11)13-10(3)4;1-9(2)11-5-7-12(8-6-11)10(3)4;1-7(2)9-5-11(6-9)10(12)8(3)4;1-8(2)10-5-6-11(7-10)9(3)4;1-7(2)9-4-5-10(6-9)8(3)11;1-7(2)9-5-10(6-9)8(3)4/h9-11H,5-8H2,1-4H3;9-13H,5-8H2,1-4H3;9-11H,5-8H2,1-4H3;7-9H,5-6H2,1-4H3;8-10H,5-7H2,1-4H3;7,9H,4-6H2,1-3H3;7-9H,5-6H2,1-4H3. The van der Waals surface area contributed by atoms with Crippen LogP contribution in [0.4, 0.5) is 0 Å². The van der Waals surface area contributed by atoms with E-state index in [9.17, 15) is 14.4 Å². The molecule has 1 N–H and O–H groups in total. The molecule has 10 heteroatoms. The van der Waals surface area contributed by atoms with Crippen molar-refractivity contribution in [3.8, 4) is 0 Å². The molecule has 0 aromatic heterocycles. The highest BCUT2D eigenvalue weighted by Crippen LogP contribution is 2.32. The Morgan fingerprint density at radius 3 is 0.904 bits per heavy atom. The first-order valence-corrected chi connectivity index (χ1v) is 35.4. The molecule has 2 atom stereocenters. The summed E-state index contributed by atoms with van der Waals surface area (Å²) < 4.78 is 0. The smallest absolute Gasteiger partial charge is 0.225 e. The van der Waals surface area contributed by atoms with Crippen molar-refractivity contribution in [1.29, 1.82) is 0 Å². The van der Waals surface area contributed by atoms with Crippen LogP contribution in [0.3, 0.4) is 0 Å². The van der Waals surface area contributed by atoms with Crippen LogP contribution in [0.1, 0.15) is 251 Å². The summed E-state index contributed by atoms with van der Waals surface area (Å²) in [6.45, 7) is 73.8. The minimum absolute atomic E-state index is 0.158. The molecule has 7 fully saturated rings. The van der Waals surface area contributed by atoms with Gasteiger partial charge in [-0.25, -0.2) is 0 Å². The van der Waals surface area contributed by atoms with Crippen molar-refractivity contribution in [2.75, 3.05) is 78.5 Å². The number of nitrogens with one attached hydrogen (secondary N) is 1. The summed E-state index contributed by atoms with van der Waals surface area (Å²) in [5, 5.41) is 3.64. The fourth-order valence-corrected chi connectivity index (χ4v) is 13.0. The Labute approximate surface area is 519 Å². The maximum Gasteiger partial charge on any atom is 0.225 e. The third-order valence-electron chi connectivity index (χ3n) is 20.6. The maximum atomic E-state index is 11.7. The molecule has 0 aromatic rings. The lowest BCUT2D eigenvalue weighted by atomic mass is 9.79. The summed E-state index contributed by atoms with van der Waals surface area (Å²) in [4.78, 5) is 47.7. The van der Waals surface area contributed by atoms with Crippen LogP contribution < -0.4 is 5.32 Å². The Balaban J connectivity index is 0.000000485. The lowest BCUT2D eigenvalue weighted by molar-refractivity contribution is -0.142. The fourth-order valence-electron chi connectivity index (χ4n) is 13.0. The predicted octanol–water partition coefficient (Wildman–Crippen LogP) is 16.1. The van der Waals surface area contributed by atoms with Gasteiger partial charge in [-0.1, -0.05) is 138 Å². The van der Waals surface area contributed by atoms with Gasteiger partial charge in [0.2, 0.25) is 17.7 Å². The first kappa shape index (κ1) is 79.3. The van der Waals surface area contributed by atoms with Gasteiger partial charge in [0.15, 0.2) is 0 Å². The zero-order valence-corrected chi connectivity index (χ0v) is 60.6. The van der Waals surface area contributed by atoms with Crippen LogP contribution in [0.2, 0.25) is 0 Å². The summed E-state index contributed by atoms with van der Waals surface area (Å²) in [6, 6.07) is 3.71. The van der Waals surface area contributed by atoms with Crippen LogP contribution in [-0.4, -0.2) is 156 Å². The molecule has 6 aliphatic heterocycles. The third kappa shape index (κ3) is 30.8. The number of amides is 3. The van der Waals surface area contributed by atoms with Gasteiger partial charge in [-0.2, -0.15) is 0 Å². The van der Waals surface area contributed by atoms with Crippen LogP contribution >= 0.6 is 0 Å². The van der Waals surface area contributed by atoms with E-state index >= 15 is 0 Å². The third-order valence-corrected chi connectivity index (χ3v) is 20.6. The summed E-state index contributed by atoms with van der Waals surface area (Å²) >= 11 is 0. The fraction of sp³-hybridized carbons (Fsp3) is 0.959. The average molecular weight is 1170 g/mol. The van der Waals surface area contributed by atoms with Crippen LogP contribution in [0, 0.1) is 94.7 Å². The number of nitrogens with zero attached hydrogens (tertiary/aromatic N) is 6. The molecule has 1 aliphatic carbocycles. The zero-order valence-electron chi connectivity index (χ0n) is 60.6. The molecule has 3 amide bonds. The van der Waals surface area contributed by atoms with Gasteiger partial charge in [0, 0.05) is 108 Å². The normalized spacial score (nSPS) is 23.5. The van der Waals surface area contributed by atoms with E-state index in [4.69, 9.17) is 0 Å². The first-order valence-electron chi connectivity index (χ1n) is 35.4. The molecule has 10 nitrogen and oxygen atoms in total. The number of likely N-dealkylation sites (tertiary alicyclic amines) is 6. The van der Waals surface area contributed by atoms with Gasteiger partial charge in [-0.3, -0.25) is 14.4 Å². The number of hydrogen-bond donors (Lipinski definition) is 1. The molecule has 7 rings (SSSR count). The Morgan fingerprint density at radius 1 is 0.301 bits per heavy atom. The quantitative estimate of drug-likeness (QED) is 0.186. The zero-order chi connectivity index (χ0) is 63.6. The highest BCUT2D eigenvalue weighted by atomic mass is 16.2. The molecule has 6 heterocycles. The molecule has 0 radical (unpaired) electrons. The van der Waals surface area contributed by atoms with Gasteiger partial charge in [-0.05, 0) is 208 Å². The van der Waals surface area contributed by atoms with E-state index < -0.39 is 0 Å². The summed E-state index contributed by atoms with van der Waals surface area (Å²) in [5.41, 5.74) is 0. The molecule has 83 heavy (non-hydrogen) atoms. The lowest BCUT2D eigenvalue weighted by Crippen LogP contribution is -2.53. The van der Waals surface area contributed by atoms with Crippen molar-refractivity contribution < 1.29 is 14.4 Å². The lowest BCUT2D eigenvalue weighted by Gasteiger charge is -2.44. The van der Waals surface area contributed by atoms with Gasteiger partial charge in [0.1, 0.15) is 0 Å². The molecular weight excluding hydrogens is 1020 g/mol. The maximum absolute atomic E-state index is 11.7. The highest BCUT2D eigenvalue weighted by Gasteiger charge is 2.34. The Hall–Kier alpha value is -1.75. The van der Waals surface area contributed by atoms with Gasteiger partial charge in [0.25, 0.3) is 0 Å². The second kappa shape index (κ2) is 40.7. The molecule has 0 aromatic carbocycles. The number of carbonyl (C=O) groups is 3. The van der Waals surface area contributed by atoms with Crippen molar-refractivity contribution in [2.45, 2.75) is 281 Å². The molecule has 0 bridgehead atoms. The van der Waals surface area contributed by atoms with Crippen LogP contribution in [0.15, 0.2) is 0 Å². The Bertz CT molecular complexity index is 1630. The largest absolute Gasteiger partial charge is 0.343 e. The summed E-state index contributed by atoms with van der Waals surface area (Å²) in [7, 11) is 0. The average Bonchev–Trinajstić information content (AvgIpc) is 4.15. The van der Waals surface area contributed by atoms with Gasteiger partial charge < -0.3 is 34.7 Å².